The van der Waals surface area contributed by atoms with Crippen LogP contribution in [0.3, 0.4) is 0 Å². The Hall–Kier alpha value is -3.42. The number of hydrogen-bond donors (Lipinski definition) is 2. The second kappa shape index (κ2) is 10.8. The van der Waals surface area contributed by atoms with Crippen LogP contribution in [0.1, 0.15) is 52.7 Å². The first kappa shape index (κ1) is 27.6. The normalized spacial score (nSPS) is 20.2. The summed E-state index contributed by atoms with van der Waals surface area (Å²) in [6, 6.07) is 2.10. The number of alkyl halides is 4. The van der Waals surface area contributed by atoms with Crippen molar-refractivity contribution < 1.29 is 35.9 Å². The standard InChI is InChI=1S/C24H23F6N5O2S/c1-11-19(34-22(38-11)18-14(26)4-3-5-15(18)27)21(36)32-17-10-31-35(2)20(17)12-6-8-13(25)16(9-7-12)33-23(37)24(28,29)30/h3-5,10,12-13,16H,6-9H2,1-2H3,(H,32,36)(H,33,37)/t12?,13-,16-/m1/s1. The zero-order chi connectivity index (χ0) is 27.8. The summed E-state index contributed by atoms with van der Waals surface area (Å²) in [5.41, 5.74) is 0.443. The van der Waals surface area contributed by atoms with Crippen LogP contribution in [0.25, 0.3) is 10.6 Å². The molecule has 3 atom stereocenters. The first-order valence-corrected chi connectivity index (χ1v) is 12.4. The van der Waals surface area contributed by atoms with E-state index in [0.29, 0.717) is 16.3 Å². The molecular formula is C24H23F6N5O2S. The Morgan fingerprint density at radius 2 is 1.76 bits per heavy atom. The van der Waals surface area contributed by atoms with Crippen LogP contribution in [-0.4, -0.2) is 45.0 Å². The number of amides is 2. The van der Waals surface area contributed by atoms with E-state index in [-0.39, 0.29) is 47.9 Å². The van der Waals surface area contributed by atoms with Crippen molar-refractivity contribution in [1.82, 2.24) is 20.1 Å². The molecule has 0 radical (unpaired) electrons. The molecule has 2 amide bonds. The molecule has 1 aliphatic carbocycles. The van der Waals surface area contributed by atoms with Gasteiger partial charge in [0.05, 0.1) is 29.2 Å². The molecule has 7 nitrogen and oxygen atoms in total. The molecule has 14 heteroatoms. The molecule has 4 rings (SSSR count). The molecule has 0 saturated heterocycles. The summed E-state index contributed by atoms with van der Waals surface area (Å²) in [6.45, 7) is 1.58. The molecule has 2 heterocycles. The molecular weight excluding hydrogens is 536 g/mol. The number of nitrogens with one attached hydrogen (secondary N) is 2. The fraction of sp³-hybridized carbons (Fsp3) is 0.417. The largest absolute Gasteiger partial charge is 0.471 e. The van der Waals surface area contributed by atoms with Gasteiger partial charge in [-0.05, 0) is 44.7 Å². The Morgan fingerprint density at radius 3 is 2.42 bits per heavy atom. The van der Waals surface area contributed by atoms with E-state index in [1.807, 2.05) is 0 Å². The number of hydrogen-bond acceptors (Lipinski definition) is 5. The number of anilines is 1. The second-order valence-corrected chi connectivity index (χ2v) is 10.2. The summed E-state index contributed by atoms with van der Waals surface area (Å²) < 4.78 is 82.4. The minimum Gasteiger partial charge on any atom is -0.343 e. The molecule has 0 spiro atoms. The van der Waals surface area contributed by atoms with Gasteiger partial charge in [0.25, 0.3) is 5.91 Å². The number of thiazole rings is 1. The summed E-state index contributed by atoms with van der Waals surface area (Å²) in [5, 5.41) is 8.59. The van der Waals surface area contributed by atoms with Crippen molar-refractivity contribution in [3.63, 3.8) is 0 Å². The number of rotatable bonds is 5. The minimum atomic E-state index is -5.11. The Balaban J connectivity index is 1.52. The van der Waals surface area contributed by atoms with E-state index in [1.165, 1.54) is 16.9 Å². The van der Waals surface area contributed by atoms with Crippen LogP contribution in [0.4, 0.5) is 32.0 Å². The lowest BCUT2D eigenvalue weighted by atomic mass is 9.95. The van der Waals surface area contributed by atoms with Gasteiger partial charge in [0, 0.05) is 17.8 Å². The molecule has 1 aromatic carbocycles. The lowest BCUT2D eigenvalue weighted by Crippen LogP contribution is -2.46. The quantitative estimate of drug-likeness (QED) is 0.323. The van der Waals surface area contributed by atoms with E-state index in [4.69, 9.17) is 0 Å². The maximum Gasteiger partial charge on any atom is 0.471 e. The maximum atomic E-state index is 14.6. The highest BCUT2D eigenvalue weighted by Crippen LogP contribution is 2.37. The van der Waals surface area contributed by atoms with E-state index in [1.54, 1.807) is 19.3 Å². The van der Waals surface area contributed by atoms with Crippen LogP contribution >= 0.6 is 11.3 Å². The van der Waals surface area contributed by atoms with Crippen molar-refractivity contribution in [1.29, 1.82) is 0 Å². The predicted octanol–water partition coefficient (Wildman–Crippen LogP) is 5.43. The highest BCUT2D eigenvalue weighted by atomic mass is 32.1. The molecule has 1 fully saturated rings. The predicted molar refractivity (Wildman–Crippen MR) is 127 cm³/mol. The number of aromatic nitrogens is 3. The lowest BCUT2D eigenvalue weighted by molar-refractivity contribution is -0.174. The van der Waals surface area contributed by atoms with E-state index >= 15 is 0 Å². The van der Waals surface area contributed by atoms with E-state index in [2.05, 4.69) is 15.4 Å². The van der Waals surface area contributed by atoms with Gasteiger partial charge in [-0.2, -0.15) is 18.3 Å². The lowest BCUT2D eigenvalue weighted by Gasteiger charge is -2.20. The molecule has 38 heavy (non-hydrogen) atoms. The summed E-state index contributed by atoms with van der Waals surface area (Å²) in [4.78, 5) is 29.0. The van der Waals surface area contributed by atoms with E-state index in [9.17, 15) is 35.9 Å². The van der Waals surface area contributed by atoms with Crippen molar-refractivity contribution in [2.75, 3.05) is 5.32 Å². The zero-order valence-electron chi connectivity index (χ0n) is 20.2. The molecule has 1 unspecified atom stereocenters. The van der Waals surface area contributed by atoms with Crippen LogP contribution in [-0.2, 0) is 11.8 Å². The molecule has 0 bridgehead atoms. The Bertz CT molecular complexity index is 1330. The molecule has 204 valence electrons. The third-order valence-corrected chi connectivity index (χ3v) is 7.42. The molecule has 1 saturated carbocycles. The van der Waals surface area contributed by atoms with Crippen molar-refractivity contribution in [3.05, 3.63) is 52.3 Å². The molecule has 2 N–H and O–H groups in total. The van der Waals surface area contributed by atoms with Crippen LogP contribution in [0.5, 0.6) is 0 Å². The SMILES string of the molecule is Cc1sc(-c2c(F)cccc2F)nc1C(=O)Nc1cnn(C)c1C1CC[C@@H](F)[C@H](NC(=O)C(F)(F)F)CC1. The molecule has 0 aliphatic heterocycles. The average Bonchev–Trinajstić information content (AvgIpc) is 3.33. The van der Waals surface area contributed by atoms with Gasteiger partial charge >= 0.3 is 12.1 Å². The average molecular weight is 560 g/mol. The zero-order valence-corrected chi connectivity index (χ0v) is 21.0. The summed E-state index contributed by atoms with van der Waals surface area (Å²) in [7, 11) is 1.61. The first-order valence-electron chi connectivity index (χ1n) is 11.6. The van der Waals surface area contributed by atoms with Gasteiger partial charge in [-0.3, -0.25) is 14.3 Å². The number of benzene rings is 1. The number of carbonyl (C=O) groups is 2. The van der Waals surface area contributed by atoms with Gasteiger partial charge in [-0.25, -0.2) is 18.2 Å². The van der Waals surface area contributed by atoms with Crippen molar-refractivity contribution in [2.45, 2.75) is 56.9 Å². The monoisotopic (exact) mass is 559 g/mol. The number of halogens is 6. The van der Waals surface area contributed by atoms with Crippen molar-refractivity contribution in [2.24, 2.45) is 7.05 Å². The van der Waals surface area contributed by atoms with Gasteiger partial charge < -0.3 is 10.6 Å². The van der Waals surface area contributed by atoms with Crippen LogP contribution < -0.4 is 10.6 Å². The van der Waals surface area contributed by atoms with E-state index in [0.717, 1.165) is 23.5 Å². The van der Waals surface area contributed by atoms with Crippen LogP contribution in [0.2, 0.25) is 0 Å². The number of nitrogens with zero attached hydrogens (tertiary/aromatic N) is 3. The van der Waals surface area contributed by atoms with Gasteiger partial charge in [-0.1, -0.05) is 6.07 Å². The summed E-state index contributed by atoms with van der Waals surface area (Å²) >= 11 is 0.953. The Morgan fingerprint density at radius 1 is 1.11 bits per heavy atom. The second-order valence-electron chi connectivity index (χ2n) is 8.99. The first-order chi connectivity index (χ1) is 17.9. The van der Waals surface area contributed by atoms with Gasteiger partial charge in [0.2, 0.25) is 0 Å². The number of carbonyl (C=O) groups excluding carboxylic acids is 2. The highest BCUT2D eigenvalue weighted by Gasteiger charge is 2.42. The topological polar surface area (TPSA) is 88.9 Å². The third-order valence-electron chi connectivity index (χ3n) is 6.44. The third kappa shape index (κ3) is 5.69. The minimum absolute atomic E-state index is 0.000591. The Labute approximate surface area is 217 Å². The summed E-state index contributed by atoms with van der Waals surface area (Å²) in [6.07, 6.45) is -5.08. The smallest absolute Gasteiger partial charge is 0.343 e. The number of aryl methyl sites for hydroxylation is 2. The van der Waals surface area contributed by atoms with Gasteiger partial charge in [-0.15, -0.1) is 11.3 Å². The van der Waals surface area contributed by atoms with Crippen LogP contribution in [0, 0.1) is 18.6 Å². The van der Waals surface area contributed by atoms with Gasteiger partial charge in [0.15, 0.2) is 0 Å². The molecule has 2 aromatic heterocycles. The fourth-order valence-corrected chi connectivity index (χ4v) is 5.54. The molecule has 1 aliphatic rings. The summed E-state index contributed by atoms with van der Waals surface area (Å²) in [5.74, 6) is -4.84. The fourth-order valence-electron chi connectivity index (χ4n) is 4.58. The molecule has 3 aromatic rings. The van der Waals surface area contributed by atoms with Crippen LogP contribution in [0.15, 0.2) is 24.4 Å². The maximum absolute atomic E-state index is 14.6. The van der Waals surface area contributed by atoms with Crippen molar-refractivity contribution in [3.8, 4) is 10.6 Å². The van der Waals surface area contributed by atoms with Gasteiger partial charge in [0.1, 0.15) is 28.5 Å². The highest BCUT2D eigenvalue weighted by molar-refractivity contribution is 7.15. The Kier molecular flexibility index (Phi) is 7.81. The van der Waals surface area contributed by atoms with E-state index < -0.39 is 41.8 Å². The van der Waals surface area contributed by atoms with Crippen molar-refractivity contribution >= 4 is 28.8 Å².